The molecule has 0 radical (unpaired) electrons. The maximum absolute atomic E-state index is 11.3. The van der Waals surface area contributed by atoms with Crippen LogP contribution in [0.15, 0.2) is 12.5 Å². The van der Waals surface area contributed by atoms with E-state index in [0.717, 1.165) is 0 Å². The highest BCUT2D eigenvalue weighted by Gasteiger charge is 2.16. The minimum absolute atomic E-state index is 0.168. The third-order valence-electron chi connectivity index (χ3n) is 2.18. The number of hydrazine groups is 1. The van der Waals surface area contributed by atoms with Crippen molar-refractivity contribution < 1.29 is 9.90 Å². The molecule has 78 valence electrons. The summed E-state index contributed by atoms with van der Waals surface area (Å²) in [4.78, 5) is 15.0. The van der Waals surface area contributed by atoms with Crippen LogP contribution in [0.3, 0.4) is 0 Å². The minimum Gasteiger partial charge on any atom is -0.492 e. The number of aromatic nitrogens is 3. The summed E-state index contributed by atoms with van der Waals surface area (Å²) in [5.41, 5.74) is 3.35. The van der Waals surface area contributed by atoms with E-state index in [-0.39, 0.29) is 5.88 Å². The van der Waals surface area contributed by atoms with E-state index in [1.165, 1.54) is 17.0 Å². The zero-order valence-corrected chi connectivity index (χ0v) is 7.93. The van der Waals surface area contributed by atoms with E-state index in [0.29, 0.717) is 16.6 Å². The standard InChI is InChI=1S/C8H9N5O2/c1-4-5(7(14)12-9)2-13-6(4)8(15)10-3-11-13/h2-3H,9H2,1H3,(H,12,14)(H,10,11,15). The maximum Gasteiger partial charge on any atom is 0.267 e. The van der Waals surface area contributed by atoms with E-state index < -0.39 is 5.91 Å². The maximum atomic E-state index is 11.3. The Bertz CT molecular complexity index is 533. The number of hydrogen-bond donors (Lipinski definition) is 3. The molecule has 2 aromatic heterocycles. The third kappa shape index (κ3) is 1.29. The third-order valence-corrected chi connectivity index (χ3v) is 2.18. The first kappa shape index (κ1) is 9.41. The van der Waals surface area contributed by atoms with Crippen LogP contribution in [0.2, 0.25) is 0 Å². The molecule has 0 aliphatic carbocycles. The lowest BCUT2D eigenvalue weighted by Crippen LogP contribution is -2.30. The van der Waals surface area contributed by atoms with Gasteiger partial charge >= 0.3 is 0 Å². The van der Waals surface area contributed by atoms with Gasteiger partial charge in [0, 0.05) is 6.20 Å². The second-order valence-electron chi connectivity index (χ2n) is 3.02. The van der Waals surface area contributed by atoms with Gasteiger partial charge in [0.2, 0.25) is 5.88 Å². The molecule has 0 aromatic carbocycles. The normalized spacial score (nSPS) is 10.5. The number of carbonyl (C=O) groups excluding carboxylic acids is 1. The van der Waals surface area contributed by atoms with E-state index in [4.69, 9.17) is 5.84 Å². The van der Waals surface area contributed by atoms with E-state index in [1.807, 2.05) is 5.43 Å². The second-order valence-corrected chi connectivity index (χ2v) is 3.02. The zero-order chi connectivity index (χ0) is 11.0. The van der Waals surface area contributed by atoms with Gasteiger partial charge in [-0.2, -0.15) is 10.1 Å². The molecule has 2 rings (SSSR count). The molecule has 7 nitrogen and oxygen atoms in total. The molecule has 0 aliphatic rings. The molecule has 7 heteroatoms. The van der Waals surface area contributed by atoms with Crippen LogP contribution in [0.1, 0.15) is 15.9 Å². The van der Waals surface area contributed by atoms with Crippen LogP contribution in [-0.4, -0.2) is 25.6 Å². The predicted molar refractivity (Wildman–Crippen MR) is 51.0 cm³/mol. The Morgan fingerprint density at radius 2 is 2.40 bits per heavy atom. The molecule has 0 saturated heterocycles. The summed E-state index contributed by atoms with van der Waals surface area (Å²) in [5.74, 6) is 4.42. The van der Waals surface area contributed by atoms with Crippen LogP contribution in [-0.2, 0) is 0 Å². The molecule has 0 fully saturated rings. The Morgan fingerprint density at radius 1 is 1.67 bits per heavy atom. The Hall–Kier alpha value is -2.15. The molecule has 0 bridgehead atoms. The van der Waals surface area contributed by atoms with Crippen LogP contribution in [0.25, 0.3) is 5.52 Å². The Balaban J connectivity index is 2.75. The molecular weight excluding hydrogens is 198 g/mol. The monoisotopic (exact) mass is 207 g/mol. The topological polar surface area (TPSA) is 106 Å². The van der Waals surface area contributed by atoms with Gasteiger partial charge in [0.05, 0.1) is 5.56 Å². The molecular formula is C8H9N5O2. The molecule has 0 unspecified atom stereocenters. The van der Waals surface area contributed by atoms with Crippen molar-refractivity contribution in [3.05, 3.63) is 23.7 Å². The van der Waals surface area contributed by atoms with E-state index in [9.17, 15) is 9.90 Å². The van der Waals surface area contributed by atoms with Crippen LogP contribution < -0.4 is 11.3 Å². The lowest BCUT2D eigenvalue weighted by molar-refractivity contribution is 0.0953. The van der Waals surface area contributed by atoms with E-state index in [2.05, 4.69) is 10.1 Å². The van der Waals surface area contributed by atoms with Gasteiger partial charge in [-0.05, 0) is 12.5 Å². The molecule has 2 heterocycles. The molecule has 0 atom stereocenters. The number of nitrogens with two attached hydrogens (primary N) is 1. The van der Waals surface area contributed by atoms with Gasteiger partial charge in [-0.3, -0.25) is 10.2 Å². The fourth-order valence-electron chi connectivity index (χ4n) is 1.45. The number of aromatic hydroxyl groups is 1. The van der Waals surface area contributed by atoms with Crippen molar-refractivity contribution in [2.24, 2.45) is 5.84 Å². The SMILES string of the molecule is Cc1c(C(=O)NN)cn2ncnc(O)c12. The lowest BCUT2D eigenvalue weighted by Gasteiger charge is -1.97. The summed E-state index contributed by atoms with van der Waals surface area (Å²) in [6, 6.07) is 0. The quantitative estimate of drug-likeness (QED) is 0.327. The van der Waals surface area contributed by atoms with Crippen molar-refractivity contribution in [2.75, 3.05) is 0 Å². The van der Waals surface area contributed by atoms with Crippen LogP contribution in [0, 0.1) is 6.92 Å². The molecule has 4 N–H and O–H groups in total. The van der Waals surface area contributed by atoms with Crippen molar-refractivity contribution in [2.45, 2.75) is 6.92 Å². The summed E-state index contributed by atoms with van der Waals surface area (Å²) >= 11 is 0. The van der Waals surface area contributed by atoms with Crippen LogP contribution in [0.5, 0.6) is 5.88 Å². The summed E-state index contributed by atoms with van der Waals surface area (Å²) < 4.78 is 1.38. The van der Waals surface area contributed by atoms with Crippen molar-refractivity contribution in [1.29, 1.82) is 0 Å². The predicted octanol–water partition coefficient (Wildman–Crippen LogP) is -0.653. The number of amides is 1. The Morgan fingerprint density at radius 3 is 3.00 bits per heavy atom. The van der Waals surface area contributed by atoms with Gasteiger partial charge in [0.25, 0.3) is 5.91 Å². The first-order valence-corrected chi connectivity index (χ1v) is 4.18. The molecule has 0 aliphatic heterocycles. The number of hydrogen-bond acceptors (Lipinski definition) is 5. The lowest BCUT2D eigenvalue weighted by atomic mass is 10.2. The molecule has 2 aromatic rings. The first-order chi connectivity index (χ1) is 7.15. The van der Waals surface area contributed by atoms with Crippen molar-refractivity contribution in [1.82, 2.24) is 20.0 Å². The van der Waals surface area contributed by atoms with Crippen LogP contribution in [0.4, 0.5) is 0 Å². The minimum atomic E-state index is -0.433. The highest BCUT2D eigenvalue weighted by molar-refractivity contribution is 5.97. The number of fused-ring (bicyclic) bond motifs is 1. The number of aryl methyl sites for hydroxylation is 1. The van der Waals surface area contributed by atoms with Crippen molar-refractivity contribution in [3.63, 3.8) is 0 Å². The number of rotatable bonds is 1. The highest BCUT2D eigenvalue weighted by atomic mass is 16.3. The summed E-state index contributed by atoms with van der Waals surface area (Å²) in [6.45, 7) is 1.68. The summed E-state index contributed by atoms with van der Waals surface area (Å²) in [7, 11) is 0. The average molecular weight is 207 g/mol. The summed E-state index contributed by atoms with van der Waals surface area (Å²) in [6.07, 6.45) is 2.68. The molecule has 1 amide bonds. The average Bonchev–Trinajstić information content (AvgIpc) is 2.56. The zero-order valence-electron chi connectivity index (χ0n) is 7.93. The molecule has 15 heavy (non-hydrogen) atoms. The summed E-state index contributed by atoms with van der Waals surface area (Å²) in [5, 5.41) is 13.3. The number of nitrogen functional groups attached to an aromatic ring is 1. The largest absolute Gasteiger partial charge is 0.492 e. The van der Waals surface area contributed by atoms with Gasteiger partial charge in [0.15, 0.2) is 0 Å². The fourth-order valence-corrected chi connectivity index (χ4v) is 1.45. The van der Waals surface area contributed by atoms with Crippen molar-refractivity contribution in [3.8, 4) is 5.88 Å². The number of nitrogens with zero attached hydrogens (tertiary/aromatic N) is 3. The second kappa shape index (κ2) is 3.21. The van der Waals surface area contributed by atoms with Gasteiger partial charge in [-0.25, -0.2) is 10.4 Å². The van der Waals surface area contributed by atoms with E-state index >= 15 is 0 Å². The number of nitrogens with one attached hydrogen (secondary N) is 1. The van der Waals surface area contributed by atoms with E-state index in [1.54, 1.807) is 6.92 Å². The molecule has 0 spiro atoms. The van der Waals surface area contributed by atoms with Crippen LogP contribution >= 0.6 is 0 Å². The van der Waals surface area contributed by atoms with Gasteiger partial charge in [-0.1, -0.05) is 0 Å². The molecule has 0 saturated carbocycles. The fraction of sp³-hybridized carbons (Fsp3) is 0.125. The highest BCUT2D eigenvalue weighted by Crippen LogP contribution is 2.22. The van der Waals surface area contributed by atoms with Gasteiger partial charge in [0.1, 0.15) is 11.8 Å². The Kier molecular flexibility index (Phi) is 2.01. The van der Waals surface area contributed by atoms with Gasteiger partial charge in [-0.15, -0.1) is 0 Å². The van der Waals surface area contributed by atoms with Gasteiger partial charge < -0.3 is 5.11 Å². The number of carbonyl (C=O) groups is 1. The smallest absolute Gasteiger partial charge is 0.267 e. The van der Waals surface area contributed by atoms with Crippen molar-refractivity contribution >= 4 is 11.4 Å². The first-order valence-electron chi connectivity index (χ1n) is 4.18. The Labute approximate surface area is 84.5 Å².